The van der Waals surface area contributed by atoms with Gasteiger partial charge in [-0.3, -0.25) is 4.79 Å². The Labute approximate surface area is 118 Å². The first kappa shape index (κ1) is 16.3. The molecule has 1 fully saturated rings. The molecule has 1 aliphatic rings. The average molecular weight is 285 g/mol. The molecule has 114 valence electrons. The maximum absolute atomic E-state index is 12.1. The van der Waals surface area contributed by atoms with Gasteiger partial charge >= 0.3 is 12.0 Å². The van der Waals surface area contributed by atoms with Crippen molar-refractivity contribution in [2.45, 2.75) is 38.1 Å². The summed E-state index contributed by atoms with van der Waals surface area (Å²) in [7, 11) is 3.30. The Balaban J connectivity index is 2.58. The molecule has 7 heteroatoms. The van der Waals surface area contributed by atoms with Gasteiger partial charge in [-0.1, -0.05) is 6.92 Å². The van der Waals surface area contributed by atoms with E-state index in [1.807, 2.05) is 0 Å². The van der Waals surface area contributed by atoms with E-state index in [2.05, 4.69) is 5.32 Å². The van der Waals surface area contributed by atoms with Crippen molar-refractivity contribution in [3.63, 3.8) is 0 Å². The second kappa shape index (κ2) is 6.58. The zero-order valence-corrected chi connectivity index (χ0v) is 12.3. The van der Waals surface area contributed by atoms with Crippen LogP contribution in [0.15, 0.2) is 0 Å². The second-order valence-electron chi connectivity index (χ2n) is 5.22. The van der Waals surface area contributed by atoms with Crippen LogP contribution in [-0.2, 0) is 9.59 Å². The van der Waals surface area contributed by atoms with Gasteiger partial charge in [-0.2, -0.15) is 0 Å². The smallest absolute Gasteiger partial charge is 0.329 e. The van der Waals surface area contributed by atoms with Crippen LogP contribution < -0.4 is 5.32 Å². The summed E-state index contributed by atoms with van der Waals surface area (Å²) in [6.45, 7) is 2.43. The minimum Gasteiger partial charge on any atom is -0.479 e. The molecule has 0 aromatic rings. The van der Waals surface area contributed by atoms with Gasteiger partial charge in [0.25, 0.3) is 0 Å². The Kier molecular flexibility index (Phi) is 5.35. The highest BCUT2D eigenvalue weighted by atomic mass is 16.4. The molecule has 0 aromatic heterocycles. The van der Waals surface area contributed by atoms with Gasteiger partial charge in [0.1, 0.15) is 5.54 Å². The van der Waals surface area contributed by atoms with Crippen LogP contribution in [0.1, 0.15) is 32.6 Å². The van der Waals surface area contributed by atoms with Crippen molar-refractivity contribution in [3.8, 4) is 0 Å². The molecule has 1 atom stereocenters. The summed E-state index contributed by atoms with van der Waals surface area (Å²) < 4.78 is 0. The van der Waals surface area contributed by atoms with Crippen LogP contribution in [0.5, 0.6) is 0 Å². The highest BCUT2D eigenvalue weighted by Crippen LogP contribution is 2.32. The number of urea groups is 1. The van der Waals surface area contributed by atoms with Gasteiger partial charge in [-0.05, 0) is 19.3 Å². The summed E-state index contributed by atoms with van der Waals surface area (Å²) in [4.78, 5) is 37.8. The van der Waals surface area contributed by atoms with Crippen LogP contribution in [-0.4, -0.2) is 65.5 Å². The monoisotopic (exact) mass is 285 g/mol. The van der Waals surface area contributed by atoms with Gasteiger partial charge in [-0.15, -0.1) is 0 Å². The number of carbonyl (C=O) groups is 3. The Morgan fingerprint density at radius 3 is 2.50 bits per heavy atom. The first-order valence-electron chi connectivity index (χ1n) is 6.84. The van der Waals surface area contributed by atoms with Crippen molar-refractivity contribution in [2.75, 3.05) is 27.2 Å². The number of aliphatic carboxylic acids is 1. The normalized spacial score (nSPS) is 21.6. The number of amides is 3. The van der Waals surface area contributed by atoms with E-state index >= 15 is 0 Å². The minimum atomic E-state index is -1.10. The highest BCUT2D eigenvalue weighted by Gasteiger charge is 2.48. The van der Waals surface area contributed by atoms with Gasteiger partial charge < -0.3 is 20.2 Å². The lowest BCUT2D eigenvalue weighted by Gasteiger charge is -2.33. The fraction of sp³-hybridized carbons (Fsp3) is 0.769. The topological polar surface area (TPSA) is 90.0 Å². The van der Waals surface area contributed by atoms with Crippen LogP contribution in [0, 0.1) is 0 Å². The van der Waals surface area contributed by atoms with E-state index in [0.29, 0.717) is 25.8 Å². The first-order valence-corrected chi connectivity index (χ1v) is 6.84. The molecule has 0 spiro atoms. The number of hydrogen-bond donors (Lipinski definition) is 2. The molecule has 1 unspecified atom stereocenters. The van der Waals surface area contributed by atoms with Gasteiger partial charge in [0.2, 0.25) is 5.91 Å². The van der Waals surface area contributed by atoms with Crippen molar-refractivity contribution < 1.29 is 19.5 Å². The molecular formula is C13H23N3O4. The minimum absolute atomic E-state index is 0.0771. The van der Waals surface area contributed by atoms with Gasteiger partial charge in [0, 0.05) is 33.6 Å². The molecule has 1 saturated heterocycles. The lowest BCUT2D eigenvalue weighted by Crippen LogP contribution is -2.55. The van der Waals surface area contributed by atoms with Crippen LogP contribution in [0.4, 0.5) is 4.79 Å². The molecule has 3 amide bonds. The maximum atomic E-state index is 12.1. The van der Waals surface area contributed by atoms with Crippen molar-refractivity contribution in [3.05, 3.63) is 0 Å². The zero-order valence-electron chi connectivity index (χ0n) is 12.3. The largest absolute Gasteiger partial charge is 0.479 e. The van der Waals surface area contributed by atoms with Crippen molar-refractivity contribution in [1.82, 2.24) is 15.1 Å². The highest BCUT2D eigenvalue weighted by molar-refractivity contribution is 5.87. The quantitative estimate of drug-likeness (QED) is 0.770. The molecule has 1 rings (SSSR count). The number of carboxylic acids is 1. The number of hydrogen-bond acceptors (Lipinski definition) is 3. The number of carboxylic acid groups (broad SMARTS) is 1. The molecule has 0 radical (unpaired) electrons. The summed E-state index contributed by atoms with van der Waals surface area (Å²) >= 11 is 0. The number of nitrogens with zero attached hydrogens (tertiary/aromatic N) is 2. The molecule has 0 aromatic carbocycles. The van der Waals surface area contributed by atoms with Crippen LogP contribution in [0.2, 0.25) is 0 Å². The molecule has 7 nitrogen and oxygen atoms in total. The molecule has 20 heavy (non-hydrogen) atoms. The molecule has 1 heterocycles. The predicted octanol–water partition coefficient (Wildman–Crippen LogP) is 0.504. The van der Waals surface area contributed by atoms with Crippen LogP contribution in [0.25, 0.3) is 0 Å². The first-order chi connectivity index (χ1) is 9.35. The SMILES string of the molecule is CCC1(C(=O)O)CCCN1C(=O)NCCC(=O)N(C)C. The third-order valence-electron chi connectivity index (χ3n) is 3.83. The molecular weight excluding hydrogens is 262 g/mol. The molecule has 0 saturated carbocycles. The zero-order chi connectivity index (χ0) is 15.3. The number of likely N-dealkylation sites (tertiary alicyclic amines) is 1. The van der Waals surface area contributed by atoms with E-state index in [1.54, 1.807) is 21.0 Å². The standard InChI is InChI=1S/C13H23N3O4/c1-4-13(11(18)19)7-5-9-16(13)12(20)14-8-6-10(17)15(2)3/h4-9H2,1-3H3,(H,14,20)(H,18,19). The van der Waals surface area contributed by atoms with Gasteiger partial charge in [0.05, 0.1) is 0 Å². The third-order valence-corrected chi connectivity index (χ3v) is 3.83. The number of carbonyl (C=O) groups excluding carboxylic acids is 2. The summed E-state index contributed by atoms with van der Waals surface area (Å²) in [5, 5.41) is 12.0. The maximum Gasteiger partial charge on any atom is 0.329 e. The lowest BCUT2D eigenvalue weighted by atomic mass is 9.93. The molecule has 2 N–H and O–H groups in total. The summed E-state index contributed by atoms with van der Waals surface area (Å²) in [6.07, 6.45) is 1.75. The number of nitrogens with one attached hydrogen (secondary N) is 1. The van der Waals surface area contributed by atoms with E-state index < -0.39 is 17.5 Å². The Morgan fingerprint density at radius 1 is 1.35 bits per heavy atom. The average Bonchev–Trinajstić information content (AvgIpc) is 2.83. The molecule has 0 bridgehead atoms. The van der Waals surface area contributed by atoms with Crippen molar-refractivity contribution >= 4 is 17.9 Å². The van der Waals surface area contributed by atoms with E-state index in [4.69, 9.17) is 0 Å². The van der Waals surface area contributed by atoms with Crippen LogP contribution >= 0.6 is 0 Å². The van der Waals surface area contributed by atoms with Gasteiger partial charge in [0.15, 0.2) is 0 Å². The van der Waals surface area contributed by atoms with Crippen molar-refractivity contribution in [2.24, 2.45) is 0 Å². The third kappa shape index (κ3) is 3.20. The van der Waals surface area contributed by atoms with Crippen LogP contribution in [0.3, 0.4) is 0 Å². The fourth-order valence-electron chi connectivity index (χ4n) is 2.51. The van der Waals surface area contributed by atoms with E-state index in [9.17, 15) is 19.5 Å². The van der Waals surface area contributed by atoms with E-state index in [0.717, 1.165) is 0 Å². The summed E-state index contributed by atoms with van der Waals surface area (Å²) in [5.41, 5.74) is -1.10. The fourth-order valence-corrected chi connectivity index (χ4v) is 2.51. The Bertz CT molecular complexity index is 397. The second-order valence-corrected chi connectivity index (χ2v) is 5.22. The molecule has 1 aliphatic heterocycles. The van der Waals surface area contributed by atoms with E-state index in [-0.39, 0.29) is 18.9 Å². The van der Waals surface area contributed by atoms with E-state index in [1.165, 1.54) is 9.80 Å². The van der Waals surface area contributed by atoms with Crippen molar-refractivity contribution in [1.29, 1.82) is 0 Å². The Morgan fingerprint density at radius 2 is 2.00 bits per heavy atom. The lowest BCUT2D eigenvalue weighted by molar-refractivity contribution is -0.148. The Hall–Kier alpha value is -1.79. The molecule has 0 aliphatic carbocycles. The summed E-state index contributed by atoms with van der Waals surface area (Å²) in [5.74, 6) is -1.04. The number of rotatable bonds is 5. The summed E-state index contributed by atoms with van der Waals surface area (Å²) in [6, 6.07) is -0.404. The predicted molar refractivity (Wildman–Crippen MR) is 73.3 cm³/mol. The van der Waals surface area contributed by atoms with Gasteiger partial charge in [-0.25, -0.2) is 9.59 Å².